The second-order valence-corrected chi connectivity index (χ2v) is 20.0. The van der Waals surface area contributed by atoms with Crippen molar-refractivity contribution >= 4 is 26.5 Å². The Morgan fingerprint density at radius 2 is 1.04 bits per heavy atom. The molecule has 0 aliphatic carbocycles. The Bertz CT molecular complexity index is 634. The van der Waals surface area contributed by atoms with E-state index in [0.717, 1.165) is 6.42 Å². The zero-order valence-electron chi connectivity index (χ0n) is 19.1. The van der Waals surface area contributed by atoms with Gasteiger partial charge in [0, 0.05) is 0 Å². The van der Waals surface area contributed by atoms with Crippen LogP contribution in [0, 0.1) is 11.8 Å². The maximum Gasteiger partial charge on any atom is 1.00 e. The van der Waals surface area contributed by atoms with Gasteiger partial charge in [-0.3, -0.25) is 0 Å². The second-order valence-electron chi connectivity index (χ2n) is 9.85. The van der Waals surface area contributed by atoms with Crippen molar-refractivity contribution in [3.8, 4) is 0 Å². The minimum Gasteiger partial charge on any atom is -0.120 e. The van der Waals surface area contributed by atoms with Crippen LogP contribution in [-0.2, 0) is 0 Å². The summed E-state index contributed by atoms with van der Waals surface area (Å²) in [6.07, 6.45) is 2.37. The summed E-state index contributed by atoms with van der Waals surface area (Å²) in [5, 5.41) is 3.08. The molecule has 0 spiro atoms. The smallest absolute Gasteiger partial charge is 0.120 e. The van der Waals surface area contributed by atoms with Crippen molar-refractivity contribution in [3.05, 3.63) is 65.6 Å². The summed E-state index contributed by atoms with van der Waals surface area (Å²) in [5.41, 5.74) is 2.79. The van der Waals surface area contributed by atoms with E-state index in [0.29, 0.717) is 5.92 Å². The molecule has 142 valence electrons. The van der Waals surface area contributed by atoms with Crippen LogP contribution in [0.15, 0.2) is 48.5 Å². The van der Waals surface area contributed by atoms with Gasteiger partial charge in [-0.1, -0.05) is 101 Å². The van der Waals surface area contributed by atoms with Gasteiger partial charge >= 0.3 is 18.9 Å². The van der Waals surface area contributed by atoms with E-state index in [9.17, 15) is 0 Å². The van der Waals surface area contributed by atoms with Gasteiger partial charge in [0.1, 0.15) is 0 Å². The molecule has 2 aromatic carbocycles. The molecule has 27 heavy (non-hydrogen) atoms. The molecule has 3 heteroatoms. The van der Waals surface area contributed by atoms with Crippen LogP contribution >= 0.6 is 0 Å². The van der Waals surface area contributed by atoms with Crippen molar-refractivity contribution in [2.75, 3.05) is 0 Å². The van der Waals surface area contributed by atoms with E-state index >= 15 is 0 Å². The molecule has 0 saturated carbocycles. The molecule has 0 bridgehead atoms. The molecule has 2 aromatic rings. The molecule has 1 atom stereocenters. The summed E-state index contributed by atoms with van der Waals surface area (Å²) in [5.74, 6) is 2.21. The van der Waals surface area contributed by atoms with Gasteiger partial charge < -0.3 is 0 Å². The van der Waals surface area contributed by atoms with Gasteiger partial charge in [-0.25, -0.2) is 0 Å². The molecule has 0 N–H and O–H groups in total. The molecule has 0 heterocycles. The summed E-state index contributed by atoms with van der Waals surface area (Å²) in [6, 6.07) is 18.9. The molecule has 0 saturated heterocycles. The quantitative estimate of drug-likeness (QED) is 0.505. The Kier molecular flexibility index (Phi) is 8.76. The maximum absolute atomic E-state index is 2.42. The zero-order chi connectivity index (χ0) is 19.5. The van der Waals surface area contributed by atoms with Gasteiger partial charge in [-0.2, -0.15) is 0 Å². The van der Waals surface area contributed by atoms with E-state index in [1.54, 1.807) is 10.4 Å². The molecule has 0 fully saturated rings. The topological polar surface area (TPSA) is 0 Å². The van der Waals surface area contributed by atoms with Crippen LogP contribution in [0.3, 0.4) is 0 Å². The van der Waals surface area contributed by atoms with Crippen molar-refractivity contribution in [1.29, 1.82) is 0 Å². The van der Waals surface area contributed by atoms with Crippen LogP contribution in [0.1, 0.15) is 37.8 Å². The van der Waals surface area contributed by atoms with E-state index in [4.69, 9.17) is 0 Å². The van der Waals surface area contributed by atoms with E-state index in [1.807, 2.05) is 0 Å². The molecule has 2 rings (SSSR count). The van der Waals surface area contributed by atoms with E-state index < -0.39 is 16.1 Å². The second kappa shape index (κ2) is 9.70. The zero-order valence-corrected chi connectivity index (χ0v) is 21.1. The maximum atomic E-state index is 2.42. The third-order valence-electron chi connectivity index (χ3n) is 5.45. The third-order valence-corrected chi connectivity index (χ3v) is 9.58. The molecule has 0 aromatic heterocycles. The minimum absolute atomic E-state index is 0. The number of hydrogen-bond acceptors (Lipinski definition) is 0. The van der Waals surface area contributed by atoms with Crippen LogP contribution in [0.5, 0.6) is 0 Å². The van der Waals surface area contributed by atoms with Crippen molar-refractivity contribution in [2.45, 2.75) is 66.0 Å². The van der Waals surface area contributed by atoms with Crippen LogP contribution < -0.4 is 29.2 Å². The Morgan fingerprint density at radius 1 is 0.704 bits per heavy atom. The molecular weight excluding hydrogens is 351 g/mol. The van der Waals surface area contributed by atoms with Crippen molar-refractivity contribution < 1.29 is 18.9 Å². The van der Waals surface area contributed by atoms with Gasteiger partial charge in [0.15, 0.2) is 0 Å². The molecule has 0 radical (unpaired) electrons. The van der Waals surface area contributed by atoms with Crippen molar-refractivity contribution in [3.63, 3.8) is 0 Å². The minimum atomic E-state index is -1.24. The van der Waals surface area contributed by atoms with Gasteiger partial charge in [0.2, 0.25) is 0 Å². The van der Waals surface area contributed by atoms with E-state index in [1.165, 1.54) is 23.5 Å². The van der Waals surface area contributed by atoms with Gasteiger partial charge in [0.05, 0.1) is 16.1 Å². The first-order valence-electron chi connectivity index (χ1n) is 10.1. The number of benzene rings is 2. The van der Waals surface area contributed by atoms with E-state index in [-0.39, 0.29) is 18.9 Å². The molecule has 1 unspecified atom stereocenters. The largest absolute Gasteiger partial charge is 1.00 e. The van der Waals surface area contributed by atoms with Crippen LogP contribution in [0.4, 0.5) is 0 Å². The summed E-state index contributed by atoms with van der Waals surface area (Å²) < 4.78 is 0. The Hall–Kier alpha value is -0.659. The fourth-order valence-electron chi connectivity index (χ4n) is 3.24. The summed E-state index contributed by atoms with van der Waals surface area (Å²) in [4.78, 5) is 0. The van der Waals surface area contributed by atoms with Gasteiger partial charge in [-0.05, 0) is 5.92 Å². The first-order chi connectivity index (χ1) is 12.0. The molecular formula is C24H37LiSi2. The average Bonchev–Trinajstić information content (AvgIpc) is 2.58. The summed E-state index contributed by atoms with van der Waals surface area (Å²) in [7, 11) is -2.48. The molecule has 0 aliphatic heterocycles. The number of rotatable bonds is 7. The predicted molar refractivity (Wildman–Crippen MR) is 124 cm³/mol. The van der Waals surface area contributed by atoms with Crippen molar-refractivity contribution in [2.24, 2.45) is 5.92 Å². The average molecular weight is 389 g/mol. The van der Waals surface area contributed by atoms with E-state index in [2.05, 4.69) is 102 Å². The summed E-state index contributed by atoms with van der Waals surface area (Å²) in [6.45, 7) is 19.2. The first kappa shape index (κ1) is 24.4. The molecule has 0 nitrogen and oxygen atoms in total. The van der Waals surface area contributed by atoms with Crippen LogP contribution in [0.2, 0.25) is 39.3 Å². The number of hydrogen-bond donors (Lipinski definition) is 0. The predicted octanol–water partition coefficient (Wildman–Crippen LogP) is 3.19. The first-order valence-corrected chi connectivity index (χ1v) is 17.1. The molecule has 0 amide bonds. The Balaban J connectivity index is 0.00000364. The monoisotopic (exact) mass is 388 g/mol. The van der Waals surface area contributed by atoms with Gasteiger partial charge in [0.25, 0.3) is 0 Å². The van der Waals surface area contributed by atoms with Crippen LogP contribution in [0.25, 0.3) is 0 Å². The van der Waals surface area contributed by atoms with Crippen molar-refractivity contribution in [1.82, 2.24) is 0 Å². The Morgan fingerprint density at radius 3 is 1.30 bits per heavy atom. The third kappa shape index (κ3) is 6.72. The normalized spacial score (nSPS) is 13.0. The fourth-order valence-corrected chi connectivity index (χ4v) is 5.57. The molecule has 0 aliphatic rings. The summed E-state index contributed by atoms with van der Waals surface area (Å²) >= 11 is 0. The SMILES string of the molecule is CCC(C)C[C-](c1ccc([Si](C)(C)C)cc1)c1ccc([Si](C)(C)C)cc1.[Li+]. The standard InChI is InChI=1S/C24H37Si2.Li/c1-9-19(2)18-24(20-10-14-22(15-11-20)25(3,4)5)21-12-16-23(17-13-21)26(6,7)8;/h10-17,19H,9,18H2,1-8H3;/q-1;+1. The fraction of sp³-hybridized carbons (Fsp3) is 0.458. The van der Waals surface area contributed by atoms with Crippen LogP contribution in [-0.4, -0.2) is 16.1 Å². The van der Waals surface area contributed by atoms with Gasteiger partial charge in [-0.15, -0.1) is 41.3 Å². The Labute approximate surface area is 182 Å².